The molecule has 0 aliphatic heterocycles. The Balaban J connectivity index is 2.01. The molecule has 2 aliphatic carbocycles. The average Bonchev–Trinajstić information content (AvgIpc) is 2.51. The molecule has 1 spiro atoms. The van der Waals surface area contributed by atoms with E-state index in [2.05, 4.69) is 38.2 Å². The SMILES string of the molecule is CC1(C)CCCC2(C=CC=C2)CCC1. The molecule has 0 aromatic heterocycles. The number of hydrogen-bond acceptors (Lipinski definition) is 0. The highest BCUT2D eigenvalue weighted by Gasteiger charge is 2.30. The second-order valence-electron chi connectivity index (χ2n) is 5.82. The van der Waals surface area contributed by atoms with Crippen LogP contribution < -0.4 is 0 Å². The standard InChI is InChI=1S/C14H22/c1-13(2)7-5-11-14(12-6-8-13)9-3-4-10-14/h3-4,9-10H,5-8,11-12H2,1-2H3. The van der Waals surface area contributed by atoms with E-state index in [1.807, 2.05) is 0 Å². The molecule has 2 aliphatic rings. The summed E-state index contributed by atoms with van der Waals surface area (Å²) in [5, 5.41) is 0. The molecule has 2 rings (SSSR count). The first-order valence-electron chi connectivity index (χ1n) is 5.99. The van der Waals surface area contributed by atoms with Crippen LogP contribution in [0.2, 0.25) is 0 Å². The van der Waals surface area contributed by atoms with Crippen molar-refractivity contribution in [3.63, 3.8) is 0 Å². The van der Waals surface area contributed by atoms with E-state index in [0.717, 1.165) is 0 Å². The Bertz CT molecular complexity index is 229. The largest absolute Gasteiger partial charge is 0.0745 e. The zero-order chi connectivity index (χ0) is 10.1. The molecule has 0 saturated heterocycles. The summed E-state index contributed by atoms with van der Waals surface area (Å²) in [5.41, 5.74) is 1.05. The summed E-state index contributed by atoms with van der Waals surface area (Å²) in [6, 6.07) is 0. The summed E-state index contributed by atoms with van der Waals surface area (Å²) in [6.07, 6.45) is 17.6. The molecule has 0 heterocycles. The highest BCUT2D eigenvalue weighted by atomic mass is 14.3. The van der Waals surface area contributed by atoms with Crippen molar-refractivity contribution in [1.29, 1.82) is 0 Å². The van der Waals surface area contributed by atoms with Gasteiger partial charge in [-0.25, -0.2) is 0 Å². The lowest BCUT2D eigenvalue weighted by Crippen LogP contribution is -2.21. The normalized spacial score (nSPS) is 29.0. The van der Waals surface area contributed by atoms with Crippen molar-refractivity contribution in [3.05, 3.63) is 24.3 Å². The van der Waals surface area contributed by atoms with Gasteiger partial charge < -0.3 is 0 Å². The molecule has 0 unspecified atom stereocenters. The Hall–Kier alpha value is -0.520. The van der Waals surface area contributed by atoms with Crippen molar-refractivity contribution in [2.24, 2.45) is 10.8 Å². The average molecular weight is 190 g/mol. The maximum atomic E-state index is 2.42. The Morgan fingerprint density at radius 1 is 0.786 bits per heavy atom. The van der Waals surface area contributed by atoms with Gasteiger partial charge in [0.25, 0.3) is 0 Å². The van der Waals surface area contributed by atoms with Crippen LogP contribution >= 0.6 is 0 Å². The molecule has 0 N–H and O–H groups in total. The van der Waals surface area contributed by atoms with Gasteiger partial charge in [-0.05, 0) is 31.1 Å². The van der Waals surface area contributed by atoms with Crippen molar-refractivity contribution >= 4 is 0 Å². The van der Waals surface area contributed by atoms with Gasteiger partial charge in [0, 0.05) is 5.41 Å². The lowest BCUT2D eigenvalue weighted by Gasteiger charge is -2.34. The first-order valence-corrected chi connectivity index (χ1v) is 5.99. The molecule has 14 heavy (non-hydrogen) atoms. The maximum absolute atomic E-state index is 2.42. The van der Waals surface area contributed by atoms with Crippen LogP contribution in [0.3, 0.4) is 0 Å². The van der Waals surface area contributed by atoms with Crippen LogP contribution in [-0.4, -0.2) is 0 Å². The number of hydrogen-bond donors (Lipinski definition) is 0. The lowest BCUT2D eigenvalue weighted by molar-refractivity contribution is 0.226. The molecule has 0 bridgehead atoms. The molecule has 0 aromatic rings. The van der Waals surface area contributed by atoms with E-state index in [1.54, 1.807) is 0 Å². The third-order valence-corrected chi connectivity index (χ3v) is 3.96. The fourth-order valence-electron chi connectivity index (χ4n) is 2.93. The summed E-state index contributed by atoms with van der Waals surface area (Å²) in [4.78, 5) is 0. The minimum Gasteiger partial charge on any atom is -0.0745 e. The number of allylic oxidation sites excluding steroid dienone is 4. The Morgan fingerprint density at radius 3 is 1.79 bits per heavy atom. The first kappa shape index (κ1) is 10.0. The van der Waals surface area contributed by atoms with Gasteiger partial charge in [-0.15, -0.1) is 0 Å². The fourth-order valence-corrected chi connectivity index (χ4v) is 2.93. The van der Waals surface area contributed by atoms with Gasteiger partial charge in [0.05, 0.1) is 0 Å². The summed E-state index contributed by atoms with van der Waals surface area (Å²) < 4.78 is 0. The minimum absolute atomic E-state index is 0.455. The topological polar surface area (TPSA) is 0 Å². The molecule has 1 fully saturated rings. The quantitative estimate of drug-likeness (QED) is 0.528. The van der Waals surface area contributed by atoms with Crippen molar-refractivity contribution in [2.75, 3.05) is 0 Å². The Kier molecular flexibility index (Phi) is 2.55. The van der Waals surface area contributed by atoms with E-state index in [4.69, 9.17) is 0 Å². The molecule has 78 valence electrons. The highest BCUT2D eigenvalue weighted by molar-refractivity contribution is 5.24. The monoisotopic (exact) mass is 190 g/mol. The third-order valence-electron chi connectivity index (χ3n) is 3.96. The summed E-state index contributed by atoms with van der Waals surface area (Å²) in [5.74, 6) is 0. The van der Waals surface area contributed by atoms with Gasteiger partial charge in [0.2, 0.25) is 0 Å². The summed E-state index contributed by atoms with van der Waals surface area (Å²) in [6.45, 7) is 4.84. The van der Waals surface area contributed by atoms with E-state index in [1.165, 1.54) is 38.5 Å². The van der Waals surface area contributed by atoms with E-state index < -0.39 is 0 Å². The maximum Gasteiger partial charge on any atom is 0.00671 e. The van der Waals surface area contributed by atoms with Gasteiger partial charge in [-0.3, -0.25) is 0 Å². The third kappa shape index (κ3) is 2.10. The molecular weight excluding hydrogens is 168 g/mol. The van der Waals surface area contributed by atoms with E-state index in [0.29, 0.717) is 10.8 Å². The molecule has 0 nitrogen and oxygen atoms in total. The van der Waals surface area contributed by atoms with Gasteiger partial charge in [0.15, 0.2) is 0 Å². The second-order valence-corrected chi connectivity index (χ2v) is 5.82. The first-order chi connectivity index (χ1) is 6.62. The molecule has 0 heteroatoms. The van der Waals surface area contributed by atoms with Crippen molar-refractivity contribution in [1.82, 2.24) is 0 Å². The lowest BCUT2D eigenvalue weighted by atomic mass is 9.71. The zero-order valence-corrected chi connectivity index (χ0v) is 9.55. The van der Waals surface area contributed by atoms with Crippen LogP contribution in [0.15, 0.2) is 24.3 Å². The Morgan fingerprint density at radius 2 is 1.29 bits per heavy atom. The summed E-state index contributed by atoms with van der Waals surface area (Å²) >= 11 is 0. The molecular formula is C14H22. The van der Waals surface area contributed by atoms with Crippen LogP contribution in [0.25, 0.3) is 0 Å². The minimum atomic E-state index is 0.455. The van der Waals surface area contributed by atoms with Crippen molar-refractivity contribution in [3.8, 4) is 0 Å². The second kappa shape index (κ2) is 3.56. The van der Waals surface area contributed by atoms with Gasteiger partial charge >= 0.3 is 0 Å². The van der Waals surface area contributed by atoms with Crippen LogP contribution in [0, 0.1) is 10.8 Å². The van der Waals surface area contributed by atoms with Gasteiger partial charge in [0.1, 0.15) is 0 Å². The van der Waals surface area contributed by atoms with Crippen molar-refractivity contribution in [2.45, 2.75) is 52.4 Å². The van der Waals surface area contributed by atoms with Crippen LogP contribution in [-0.2, 0) is 0 Å². The number of rotatable bonds is 0. The molecule has 0 radical (unpaired) electrons. The molecule has 0 atom stereocenters. The van der Waals surface area contributed by atoms with Crippen LogP contribution in [0.5, 0.6) is 0 Å². The fraction of sp³-hybridized carbons (Fsp3) is 0.714. The van der Waals surface area contributed by atoms with E-state index >= 15 is 0 Å². The Labute approximate surface area is 88.1 Å². The van der Waals surface area contributed by atoms with Gasteiger partial charge in [-0.1, -0.05) is 51.0 Å². The smallest absolute Gasteiger partial charge is 0.00671 e. The van der Waals surface area contributed by atoms with Crippen molar-refractivity contribution < 1.29 is 0 Å². The van der Waals surface area contributed by atoms with Crippen LogP contribution in [0.1, 0.15) is 52.4 Å². The van der Waals surface area contributed by atoms with E-state index in [-0.39, 0.29) is 0 Å². The van der Waals surface area contributed by atoms with Gasteiger partial charge in [-0.2, -0.15) is 0 Å². The molecule has 0 amide bonds. The molecule has 0 aromatic carbocycles. The predicted octanol–water partition coefficient (Wildman–Crippen LogP) is 4.48. The van der Waals surface area contributed by atoms with E-state index in [9.17, 15) is 0 Å². The highest BCUT2D eigenvalue weighted by Crippen LogP contribution is 2.43. The zero-order valence-electron chi connectivity index (χ0n) is 9.55. The summed E-state index contributed by atoms with van der Waals surface area (Å²) in [7, 11) is 0. The van der Waals surface area contributed by atoms with Crippen LogP contribution in [0.4, 0.5) is 0 Å². The molecule has 1 saturated carbocycles. The predicted molar refractivity (Wildman–Crippen MR) is 62.2 cm³/mol.